The van der Waals surface area contributed by atoms with Crippen molar-refractivity contribution in [2.75, 3.05) is 20.8 Å². The fraction of sp³-hybridized carbons (Fsp3) is 0.312. The number of nitrogens with one attached hydrogen (secondary N) is 1. The molecule has 8 heteroatoms. The fourth-order valence-electron chi connectivity index (χ4n) is 3.05. The summed E-state index contributed by atoms with van der Waals surface area (Å²) in [6.07, 6.45) is 1.52. The number of H-pyrrole nitrogens is 1. The van der Waals surface area contributed by atoms with Crippen LogP contribution in [0.25, 0.3) is 10.9 Å². The van der Waals surface area contributed by atoms with Gasteiger partial charge in [-0.25, -0.2) is 9.67 Å². The van der Waals surface area contributed by atoms with Crippen molar-refractivity contribution in [3.63, 3.8) is 0 Å². The first-order chi connectivity index (χ1) is 11.7. The second kappa shape index (κ2) is 5.55. The number of methoxy groups -OCH3 is 2. The fourth-order valence-corrected chi connectivity index (χ4v) is 3.05. The number of carbonyl (C=O) groups is 1. The summed E-state index contributed by atoms with van der Waals surface area (Å²) in [6.45, 7) is 1.71. The highest BCUT2D eigenvalue weighted by Crippen LogP contribution is 2.35. The maximum atomic E-state index is 12.8. The molecule has 1 aliphatic heterocycles. The van der Waals surface area contributed by atoms with Gasteiger partial charge in [-0.15, -0.1) is 0 Å². The van der Waals surface area contributed by atoms with E-state index in [-0.39, 0.29) is 5.91 Å². The number of aromatic nitrogens is 4. The standard InChI is InChI=1S/C16H17N5O3/c1-23-13-4-3-11-10(15(13)24-2)7-12(19-11)16(22)20-5-6-21-14(8-20)17-9-18-21/h3-4,7,9,19H,5-6,8H2,1-2H3. The minimum atomic E-state index is -0.0681. The number of ether oxygens (including phenoxy) is 2. The van der Waals surface area contributed by atoms with Gasteiger partial charge in [0.25, 0.3) is 5.91 Å². The van der Waals surface area contributed by atoms with E-state index in [9.17, 15) is 4.79 Å². The van der Waals surface area contributed by atoms with Crippen molar-refractivity contribution in [1.29, 1.82) is 0 Å². The Morgan fingerprint density at radius 2 is 2.12 bits per heavy atom. The van der Waals surface area contributed by atoms with Gasteiger partial charge in [-0.1, -0.05) is 0 Å². The number of aromatic amines is 1. The third-order valence-electron chi connectivity index (χ3n) is 4.27. The normalized spacial score (nSPS) is 13.8. The van der Waals surface area contributed by atoms with E-state index in [1.165, 1.54) is 6.33 Å². The molecule has 3 heterocycles. The highest BCUT2D eigenvalue weighted by atomic mass is 16.5. The van der Waals surface area contributed by atoms with Gasteiger partial charge in [-0.2, -0.15) is 5.10 Å². The molecule has 2 aromatic heterocycles. The molecule has 0 bridgehead atoms. The monoisotopic (exact) mass is 327 g/mol. The molecule has 3 aromatic rings. The molecule has 0 fully saturated rings. The van der Waals surface area contributed by atoms with Crippen molar-refractivity contribution in [3.8, 4) is 11.5 Å². The predicted octanol–water partition coefficient (Wildman–Crippen LogP) is 1.43. The van der Waals surface area contributed by atoms with E-state index in [4.69, 9.17) is 9.47 Å². The molecule has 1 N–H and O–H groups in total. The first-order valence-electron chi connectivity index (χ1n) is 7.61. The van der Waals surface area contributed by atoms with Gasteiger partial charge in [-0.05, 0) is 18.2 Å². The Morgan fingerprint density at radius 1 is 1.25 bits per heavy atom. The maximum Gasteiger partial charge on any atom is 0.270 e. The van der Waals surface area contributed by atoms with Crippen LogP contribution in [0.15, 0.2) is 24.5 Å². The molecule has 0 unspecified atom stereocenters. The van der Waals surface area contributed by atoms with Gasteiger partial charge in [-0.3, -0.25) is 4.79 Å². The van der Waals surface area contributed by atoms with Crippen molar-refractivity contribution in [3.05, 3.63) is 36.0 Å². The number of fused-ring (bicyclic) bond motifs is 2. The van der Waals surface area contributed by atoms with Crippen molar-refractivity contribution >= 4 is 16.8 Å². The Balaban J connectivity index is 1.68. The lowest BCUT2D eigenvalue weighted by Crippen LogP contribution is -2.38. The summed E-state index contributed by atoms with van der Waals surface area (Å²) < 4.78 is 12.6. The topological polar surface area (TPSA) is 85.3 Å². The van der Waals surface area contributed by atoms with E-state index in [1.807, 2.05) is 16.8 Å². The lowest BCUT2D eigenvalue weighted by Gasteiger charge is -2.26. The summed E-state index contributed by atoms with van der Waals surface area (Å²) in [5, 5.41) is 4.95. The average Bonchev–Trinajstić information content (AvgIpc) is 3.25. The summed E-state index contributed by atoms with van der Waals surface area (Å²) in [5.74, 6) is 1.98. The van der Waals surface area contributed by atoms with E-state index in [2.05, 4.69) is 15.1 Å². The van der Waals surface area contributed by atoms with E-state index < -0.39 is 0 Å². The number of hydrogen-bond acceptors (Lipinski definition) is 5. The van der Waals surface area contributed by atoms with Crippen LogP contribution in [0, 0.1) is 0 Å². The summed E-state index contributed by atoms with van der Waals surface area (Å²) in [6, 6.07) is 5.49. The lowest BCUT2D eigenvalue weighted by molar-refractivity contribution is 0.0697. The van der Waals surface area contributed by atoms with Gasteiger partial charge < -0.3 is 19.4 Å². The van der Waals surface area contributed by atoms with Gasteiger partial charge >= 0.3 is 0 Å². The van der Waals surface area contributed by atoms with Crippen LogP contribution in [0.3, 0.4) is 0 Å². The number of benzene rings is 1. The zero-order chi connectivity index (χ0) is 16.7. The Labute approximate surface area is 138 Å². The van der Waals surface area contributed by atoms with E-state index in [1.54, 1.807) is 25.2 Å². The van der Waals surface area contributed by atoms with Crippen LogP contribution in [-0.4, -0.2) is 51.3 Å². The maximum absolute atomic E-state index is 12.8. The Bertz CT molecular complexity index is 914. The molecule has 8 nitrogen and oxygen atoms in total. The molecule has 1 aromatic carbocycles. The van der Waals surface area contributed by atoms with Crippen molar-refractivity contribution < 1.29 is 14.3 Å². The number of hydrogen-bond donors (Lipinski definition) is 1. The minimum absolute atomic E-state index is 0.0681. The predicted molar refractivity (Wildman–Crippen MR) is 86.2 cm³/mol. The van der Waals surface area contributed by atoms with Gasteiger partial charge in [0.05, 0.1) is 32.8 Å². The smallest absolute Gasteiger partial charge is 0.270 e. The summed E-state index contributed by atoms with van der Waals surface area (Å²) in [4.78, 5) is 21.9. The third kappa shape index (κ3) is 2.18. The lowest BCUT2D eigenvalue weighted by atomic mass is 10.2. The molecule has 24 heavy (non-hydrogen) atoms. The van der Waals surface area contributed by atoms with Gasteiger partial charge in [0.15, 0.2) is 11.5 Å². The van der Waals surface area contributed by atoms with Crippen LogP contribution >= 0.6 is 0 Å². The van der Waals surface area contributed by atoms with Crippen molar-refractivity contribution in [2.24, 2.45) is 0 Å². The number of carbonyl (C=O) groups excluding carboxylic acids is 1. The average molecular weight is 327 g/mol. The first-order valence-corrected chi connectivity index (χ1v) is 7.61. The molecular formula is C16H17N5O3. The van der Waals surface area contributed by atoms with Gasteiger partial charge in [0.2, 0.25) is 0 Å². The van der Waals surface area contributed by atoms with Crippen LogP contribution in [0.2, 0.25) is 0 Å². The molecule has 4 rings (SSSR count). The highest BCUT2D eigenvalue weighted by molar-refractivity contribution is 6.00. The summed E-state index contributed by atoms with van der Waals surface area (Å²) in [7, 11) is 3.18. The molecule has 124 valence electrons. The molecule has 1 amide bonds. The molecule has 0 radical (unpaired) electrons. The van der Waals surface area contributed by atoms with Gasteiger partial charge in [0.1, 0.15) is 17.8 Å². The number of nitrogens with zero attached hydrogens (tertiary/aromatic N) is 4. The van der Waals surface area contributed by atoms with Crippen LogP contribution in [0.4, 0.5) is 0 Å². The molecule has 0 saturated carbocycles. The second-order valence-electron chi connectivity index (χ2n) is 5.57. The molecule has 1 aliphatic rings. The van der Waals surface area contributed by atoms with Crippen molar-refractivity contribution in [1.82, 2.24) is 24.6 Å². The van der Waals surface area contributed by atoms with Crippen molar-refractivity contribution in [2.45, 2.75) is 13.1 Å². The molecule has 0 spiro atoms. The Kier molecular flexibility index (Phi) is 3.37. The van der Waals surface area contributed by atoms with E-state index in [0.29, 0.717) is 36.8 Å². The van der Waals surface area contributed by atoms with E-state index in [0.717, 1.165) is 16.7 Å². The number of rotatable bonds is 3. The summed E-state index contributed by atoms with van der Waals surface area (Å²) in [5.41, 5.74) is 1.35. The zero-order valence-electron chi connectivity index (χ0n) is 13.4. The minimum Gasteiger partial charge on any atom is -0.493 e. The quantitative estimate of drug-likeness (QED) is 0.786. The molecule has 0 saturated heterocycles. The molecule has 0 aliphatic carbocycles. The van der Waals surface area contributed by atoms with Crippen LogP contribution in [0.5, 0.6) is 11.5 Å². The number of amides is 1. The SMILES string of the molecule is COc1ccc2[nH]c(C(=O)N3CCn4ncnc4C3)cc2c1OC. The van der Waals surface area contributed by atoms with Crippen LogP contribution in [0.1, 0.15) is 16.3 Å². The zero-order valence-corrected chi connectivity index (χ0v) is 13.4. The molecular weight excluding hydrogens is 310 g/mol. The molecule has 0 atom stereocenters. The second-order valence-corrected chi connectivity index (χ2v) is 5.57. The van der Waals surface area contributed by atoms with Crippen LogP contribution < -0.4 is 9.47 Å². The Morgan fingerprint density at radius 3 is 2.92 bits per heavy atom. The summed E-state index contributed by atoms with van der Waals surface area (Å²) >= 11 is 0. The highest BCUT2D eigenvalue weighted by Gasteiger charge is 2.25. The largest absolute Gasteiger partial charge is 0.493 e. The van der Waals surface area contributed by atoms with Crippen LogP contribution in [-0.2, 0) is 13.1 Å². The van der Waals surface area contributed by atoms with Gasteiger partial charge in [0, 0.05) is 11.9 Å². The Hall–Kier alpha value is -3.03. The third-order valence-corrected chi connectivity index (χ3v) is 4.27. The first kappa shape index (κ1) is 14.6. The van der Waals surface area contributed by atoms with E-state index >= 15 is 0 Å².